The first-order chi connectivity index (χ1) is 16.3. The number of aliphatic hydroxyl groups excluding tert-OH is 1. The number of hydrogen-bond acceptors (Lipinski definition) is 7. The van der Waals surface area contributed by atoms with Gasteiger partial charge in [-0.2, -0.15) is 0 Å². The highest BCUT2D eigenvalue weighted by Crippen LogP contribution is 2.40. The Balaban J connectivity index is 1.64. The molecule has 1 fully saturated rings. The molecular formula is C26H33N3O4S. The Morgan fingerprint density at radius 1 is 1.18 bits per heavy atom. The number of nitrogens with zero attached hydrogens (tertiary/aromatic N) is 3. The number of carbonyl (C=O) groups is 2. The number of morpholine rings is 1. The first-order valence-electron chi connectivity index (χ1n) is 11.9. The number of aromatic nitrogens is 1. The second kappa shape index (κ2) is 10.4. The lowest BCUT2D eigenvalue weighted by Crippen LogP contribution is -2.39. The van der Waals surface area contributed by atoms with Gasteiger partial charge in [0.1, 0.15) is 0 Å². The lowest BCUT2D eigenvalue weighted by atomic mass is 9.93. The van der Waals surface area contributed by atoms with E-state index in [0.29, 0.717) is 23.0 Å². The number of thiazole rings is 1. The van der Waals surface area contributed by atoms with Crippen molar-refractivity contribution in [3.05, 3.63) is 62.3 Å². The van der Waals surface area contributed by atoms with Gasteiger partial charge in [0.05, 0.1) is 40.4 Å². The number of hydrogen-bond donors (Lipinski definition) is 1. The fourth-order valence-electron chi connectivity index (χ4n) is 4.68. The molecule has 3 heterocycles. The van der Waals surface area contributed by atoms with Gasteiger partial charge in [-0.1, -0.05) is 38.1 Å². The molecule has 1 aromatic carbocycles. The number of ketones is 1. The maximum atomic E-state index is 13.6. The largest absolute Gasteiger partial charge is 0.503 e. The molecule has 2 aliphatic heterocycles. The monoisotopic (exact) mass is 483 g/mol. The van der Waals surface area contributed by atoms with Crippen LogP contribution in [-0.4, -0.2) is 71.0 Å². The Labute approximate surface area is 205 Å². The van der Waals surface area contributed by atoms with Gasteiger partial charge in [-0.3, -0.25) is 14.5 Å². The number of amides is 1. The molecule has 7 nitrogen and oxygen atoms in total. The van der Waals surface area contributed by atoms with Gasteiger partial charge in [-0.25, -0.2) is 4.98 Å². The molecular weight excluding hydrogens is 450 g/mol. The smallest absolute Gasteiger partial charge is 0.290 e. The predicted octanol–water partition coefficient (Wildman–Crippen LogP) is 4.18. The van der Waals surface area contributed by atoms with Crippen molar-refractivity contribution in [2.45, 2.75) is 46.1 Å². The van der Waals surface area contributed by atoms with E-state index in [-0.39, 0.29) is 11.4 Å². The van der Waals surface area contributed by atoms with Crippen LogP contribution in [0.2, 0.25) is 0 Å². The van der Waals surface area contributed by atoms with E-state index in [4.69, 9.17) is 4.74 Å². The summed E-state index contributed by atoms with van der Waals surface area (Å²) >= 11 is 1.30. The Morgan fingerprint density at radius 3 is 2.44 bits per heavy atom. The lowest BCUT2D eigenvalue weighted by Gasteiger charge is -2.30. The van der Waals surface area contributed by atoms with Crippen LogP contribution in [0.5, 0.6) is 0 Å². The molecule has 1 aromatic heterocycles. The van der Waals surface area contributed by atoms with Gasteiger partial charge in [0.2, 0.25) is 5.78 Å². The van der Waals surface area contributed by atoms with Crippen molar-refractivity contribution >= 4 is 23.0 Å². The molecule has 1 saturated heterocycles. The number of rotatable bonds is 8. The molecule has 1 amide bonds. The molecule has 34 heavy (non-hydrogen) atoms. The van der Waals surface area contributed by atoms with Crippen LogP contribution in [0.3, 0.4) is 0 Å². The maximum Gasteiger partial charge on any atom is 0.290 e. The number of carbonyl (C=O) groups excluding carboxylic acids is 2. The number of aliphatic hydroxyl groups is 1. The normalized spacial score (nSPS) is 19.5. The maximum absolute atomic E-state index is 13.6. The van der Waals surface area contributed by atoms with Gasteiger partial charge in [0, 0.05) is 26.2 Å². The minimum atomic E-state index is -0.618. The lowest BCUT2D eigenvalue weighted by molar-refractivity contribution is -0.129. The van der Waals surface area contributed by atoms with Crippen molar-refractivity contribution in [3.63, 3.8) is 0 Å². The number of aryl methyl sites for hydroxylation is 2. The third-order valence-corrected chi connectivity index (χ3v) is 7.63. The summed E-state index contributed by atoms with van der Waals surface area (Å²) in [5.74, 6) is -0.874. The van der Waals surface area contributed by atoms with E-state index < -0.39 is 17.7 Å². The molecule has 2 aliphatic rings. The minimum Gasteiger partial charge on any atom is -0.503 e. The van der Waals surface area contributed by atoms with Gasteiger partial charge in [-0.05, 0) is 37.3 Å². The molecule has 182 valence electrons. The van der Waals surface area contributed by atoms with Gasteiger partial charge in [0.15, 0.2) is 5.76 Å². The summed E-state index contributed by atoms with van der Waals surface area (Å²) in [6.45, 7) is 12.4. The Kier molecular flexibility index (Phi) is 7.50. The van der Waals surface area contributed by atoms with Crippen molar-refractivity contribution in [3.8, 4) is 0 Å². The quantitative estimate of drug-likeness (QED) is 0.567. The van der Waals surface area contributed by atoms with Crippen LogP contribution in [0.4, 0.5) is 0 Å². The summed E-state index contributed by atoms with van der Waals surface area (Å²) in [6.07, 6.45) is 0.750. The average Bonchev–Trinajstić information content (AvgIpc) is 3.29. The fraction of sp³-hybridized carbons (Fsp3) is 0.500. The van der Waals surface area contributed by atoms with Crippen LogP contribution < -0.4 is 0 Å². The third kappa shape index (κ3) is 4.94. The summed E-state index contributed by atoms with van der Waals surface area (Å²) in [6, 6.07) is 7.40. The Bertz CT molecular complexity index is 1080. The van der Waals surface area contributed by atoms with E-state index >= 15 is 0 Å². The highest BCUT2D eigenvalue weighted by molar-refractivity contribution is 7.14. The summed E-state index contributed by atoms with van der Waals surface area (Å²) in [5.41, 5.74) is 2.79. The van der Waals surface area contributed by atoms with E-state index in [1.165, 1.54) is 16.9 Å². The van der Waals surface area contributed by atoms with Gasteiger partial charge < -0.3 is 14.7 Å². The summed E-state index contributed by atoms with van der Waals surface area (Å²) in [5, 5.41) is 11.7. The topological polar surface area (TPSA) is 83.0 Å². The number of ether oxygens (including phenoxy) is 1. The average molecular weight is 484 g/mol. The van der Waals surface area contributed by atoms with Gasteiger partial charge in [0.25, 0.3) is 5.91 Å². The van der Waals surface area contributed by atoms with Crippen LogP contribution in [0, 0.1) is 13.8 Å². The fourth-order valence-corrected chi connectivity index (χ4v) is 5.55. The summed E-state index contributed by atoms with van der Waals surface area (Å²) in [7, 11) is 0. The van der Waals surface area contributed by atoms with Gasteiger partial charge >= 0.3 is 0 Å². The molecule has 1 N–H and O–H groups in total. The van der Waals surface area contributed by atoms with E-state index in [0.717, 1.165) is 49.8 Å². The van der Waals surface area contributed by atoms with Crippen molar-refractivity contribution in [2.24, 2.45) is 0 Å². The van der Waals surface area contributed by atoms with Crippen molar-refractivity contribution < 1.29 is 19.4 Å². The molecule has 0 aliphatic carbocycles. The molecule has 4 rings (SSSR count). The molecule has 8 heteroatoms. The van der Waals surface area contributed by atoms with Crippen LogP contribution in [0.25, 0.3) is 0 Å². The van der Waals surface area contributed by atoms with Crippen LogP contribution in [0.15, 0.2) is 35.6 Å². The highest BCUT2D eigenvalue weighted by atomic mass is 32.1. The van der Waals surface area contributed by atoms with E-state index in [1.807, 2.05) is 31.2 Å². The predicted molar refractivity (Wildman–Crippen MR) is 132 cm³/mol. The molecule has 0 saturated carbocycles. The molecule has 0 spiro atoms. The van der Waals surface area contributed by atoms with E-state index in [1.54, 1.807) is 11.8 Å². The zero-order valence-electron chi connectivity index (χ0n) is 20.3. The SMILES string of the molecule is Cc1nc(C)c(C(=O)C2=C(O)C(=O)N(CCCN3CCOCC3)C2c2ccc(C(C)C)cc2)s1. The standard InChI is InChI=1S/C26H33N3O4S/c1-16(2)19-6-8-20(9-7-19)22-21(23(30)25-17(3)27-18(4)34-25)24(31)26(32)29(22)11-5-10-28-12-14-33-15-13-28/h6-9,16,22,31H,5,10-15H2,1-4H3. The van der Waals surface area contributed by atoms with Gasteiger partial charge in [-0.15, -0.1) is 11.3 Å². The summed E-state index contributed by atoms with van der Waals surface area (Å²) < 4.78 is 5.42. The van der Waals surface area contributed by atoms with E-state index in [2.05, 4.69) is 23.7 Å². The van der Waals surface area contributed by atoms with Crippen LogP contribution >= 0.6 is 11.3 Å². The zero-order valence-corrected chi connectivity index (χ0v) is 21.2. The molecule has 1 atom stereocenters. The number of benzene rings is 1. The van der Waals surface area contributed by atoms with Crippen molar-refractivity contribution in [1.82, 2.24) is 14.8 Å². The van der Waals surface area contributed by atoms with Crippen LogP contribution in [-0.2, 0) is 9.53 Å². The first kappa shape index (κ1) is 24.6. The molecule has 1 unspecified atom stereocenters. The van der Waals surface area contributed by atoms with E-state index in [9.17, 15) is 14.7 Å². The van der Waals surface area contributed by atoms with Crippen molar-refractivity contribution in [2.75, 3.05) is 39.4 Å². The molecule has 2 aromatic rings. The second-order valence-electron chi connectivity index (χ2n) is 9.27. The molecule has 0 bridgehead atoms. The summed E-state index contributed by atoms with van der Waals surface area (Å²) in [4.78, 5) is 35.6. The second-order valence-corrected chi connectivity index (χ2v) is 10.5. The molecule has 0 radical (unpaired) electrons. The van der Waals surface area contributed by atoms with Crippen molar-refractivity contribution in [1.29, 1.82) is 0 Å². The Morgan fingerprint density at radius 2 is 1.85 bits per heavy atom. The van der Waals surface area contributed by atoms with Crippen LogP contribution in [0.1, 0.15) is 63.7 Å². The Hall–Kier alpha value is -2.55. The third-order valence-electron chi connectivity index (χ3n) is 6.55. The zero-order chi connectivity index (χ0) is 24.4. The minimum absolute atomic E-state index is 0.153. The number of Topliss-reactive ketones (excluding diaryl/α,β-unsaturated/α-hetero) is 1. The first-order valence-corrected chi connectivity index (χ1v) is 12.7. The highest BCUT2D eigenvalue weighted by Gasteiger charge is 2.44.